The fraction of sp³-hybridized carbons (Fsp3) is 0.455. The van der Waals surface area contributed by atoms with Crippen LogP contribution >= 0.6 is 22.9 Å². The van der Waals surface area contributed by atoms with E-state index in [1.807, 2.05) is 31.3 Å². The third-order valence-electron chi connectivity index (χ3n) is 12.5. The number of benzene rings is 1. The number of nitrogens with zero attached hydrogens (tertiary/aromatic N) is 9. The summed E-state index contributed by atoms with van der Waals surface area (Å²) in [6.07, 6.45) is 9.57. The topological polar surface area (TPSA) is 156 Å². The van der Waals surface area contributed by atoms with E-state index in [-0.39, 0.29) is 29.5 Å². The first kappa shape index (κ1) is 39.1. The molecule has 1 amide bonds. The van der Waals surface area contributed by atoms with Crippen LogP contribution in [0.4, 0.5) is 5.82 Å². The van der Waals surface area contributed by atoms with Gasteiger partial charge in [-0.3, -0.25) is 19.3 Å². The lowest BCUT2D eigenvalue weighted by Gasteiger charge is -2.53. The van der Waals surface area contributed by atoms with Crippen molar-refractivity contribution in [2.75, 3.05) is 24.6 Å². The summed E-state index contributed by atoms with van der Waals surface area (Å²) in [5.74, 6) is 4.21. The largest absolute Gasteiger partial charge is 0.492 e. The minimum absolute atomic E-state index is 0.0326. The third kappa shape index (κ3) is 7.78. The van der Waals surface area contributed by atoms with Gasteiger partial charge in [-0.2, -0.15) is 5.26 Å². The number of pyridine rings is 1. The predicted octanol–water partition coefficient (Wildman–Crippen LogP) is 8.07. The highest BCUT2D eigenvalue weighted by Gasteiger charge is 2.47. The molecule has 0 unspecified atom stereocenters. The zero-order chi connectivity index (χ0) is 40.8. The minimum Gasteiger partial charge on any atom is -0.492 e. The second kappa shape index (κ2) is 16.0. The molecule has 15 heteroatoms. The Bertz CT molecular complexity index is 2440. The molecule has 4 aromatic heterocycles. The average molecular weight is 831 g/mol. The summed E-state index contributed by atoms with van der Waals surface area (Å²) >= 11 is 7.91. The van der Waals surface area contributed by atoms with Crippen molar-refractivity contribution in [2.45, 2.75) is 97.2 Å². The van der Waals surface area contributed by atoms with Crippen LogP contribution in [0, 0.1) is 43.4 Å². The number of halogens is 1. The highest BCUT2D eigenvalue weighted by Crippen LogP contribution is 2.51. The summed E-state index contributed by atoms with van der Waals surface area (Å²) in [6.45, 7) is 10.9. The molecule has 2 aliphatic carbocycles. The fourth-order valence-electron chi connectivity index (χ4n) is 9.35. The number of aryl methyl sites for hydroxylation is 2. The van der Waals surface area contributed by atoms with E-state index in [2.05, 4.69) is 62.0 Å². The predicted molar refractivity (Wildman–Crippen MR) is 226 cm³/mol. The van der Waals surface area contributed by atoms with Gasteiger partial charge in [0.15, 0.2) is 17.3 Å². The van der Waals surface area contributed by atoms with Crippen LogP contribution in [0.3, 0.4) is 0 Å². The molecule has 2 saturated carbocycles. The molecule has 13 nitrogen and oxygen atoms in total. The van der Waals surface area contributed by atoms with Crippen LogP contribution in [0.5, 0.6) is 11.5 Å². The Labute approximate surface area is 352 Å². The van der Waals surface area contributed by atoms with Crippen molar-refractivity contribution < 1.29 is 14.3 Å². The van der Waals surface area contributed by atoms with Gasteiger partial charge in [0.2, 0.25) is 0 Å². The fourth-order valence-corrected chi connectivity index (χ4v) is 10.8. The number of ether oxygens (including phenoxy) is 2. The summed E-state index contributed by atoms with van der Waals surface area (Å²) in [6, 6.07) is 14.8. The zero-order valence-electron chi connectivity index (χ0n) is 33.7. The van der Waals surface area contributed by atoms with Gasteiger partial charge in [0, 0.05) is 35.6 Å². The van der Waals surface area contributed by atoms with Gasteiger partial charge in [0.05, 0.1) is 40.9 Å². The number of piperidine rings is 1. The Balaban J connectivity index is 0.747. The molecule has 1 atom stereocenters. The van der Waals surface area contributed by atoms with E-state index in [9.17, 15) is 4.79 Å². The average Bonchev–Trinajstić information content (AvgIpc) is 3.72. The molecule has 1 N–H and O–H groups in total. The number of fused-ring (bicyclic) bond motifs is 3. The van der Waals surface area contributed by atoms with Gasteiger partial charge in [-0.05, 0) is 132 Å². The maximum absolute atomic E-state index is 13.1. The number of amides is 1. The molecule has 5 aromatic rings. The Hall–Kier alpha value is -5.39. The highest BCUT2D eigenvalue weighted by atomic mass is 35.5. The lowest BCUT2D eigenvalue weighted by atomic mass is 9.58. The summed E-state index contributed by atoms with van der Waals surface area (Å²) in [5, 5.41) is 31.4. The van der Waals surface area contributed by atoms with Crippen LogP contribution < -0.4 is 19.7 Å². The maximum atomic E-state index is 13.1. The second-order valence-corrected chi connectivity index (χ2v) is 18.3. The number of aliphatic imine (C=N–C) groups is 1. The molecule has 2 aliphatic heterocycles. The molecule has 1 aromatic carbocycles. The second-order valence-electron chi connectivity index (χ2n) is 16.6. The molecule has 59 heavy (non-hydrogen) atoms. The standard InChI is InChI=1S/C44H47ClN10O3S/c1-25-27(3)59-43-39(25)40(48-26(2)41-53-50-28(4)55(41)43)36-13-12-34(22-47-36)57-23-29-19-44(20-29)16-5-17-54(24-44)38-15-14-37(51-52-38)42(56)49-31-7-10-32(11-8-31)58-33-9-6-30(21-46)35(45)18-33/h6,9,12-15,18,22,26,29,31-32H,5,7-8,10-11,16-17,19-20,23-24H2,1-4H3,(H,49,56)/t26-,29?,31-,32-,44?/m0/s1. The molecule has 0 bridgehead atoms. The highest BCUT2D eigenvalue weighted by molar-refractivity contribution is 7.15. The molecule has 304 valence electrons. The van der Waals surface area contributed by atoms with Gasteiger partial charge >= 0.3 is 0 Å². The lowest BCUT2D eigenvalue weighted by molar-refractivity contribution is 0.0112. The van der Waals surface area contributed by atoms with Crippen molar-refractivity contribution in [3.63, 3.8) is 0 Å². The van der Waals surface area contributed by atoms with Crippen molar-refractivity contribution in [1.82, 2.24) is 35.3 Å². The Morgan fingerprint density at radius 3 is 2.58 bits per heavy atom. The number of thiophene rings is 1. The van der Waals surface area contributed by atoms with E-state index < -0.39 is 0 Å². The first-order chi connectivity index (χ1) is 28.6. The maximum Gasteiger partial charge on any atom is 0.272 e. The third-order valence-corrected chi connectivity index (χ3v) is 14.0. The van der Waals surface area contributed by atoms with Crippen molar-refractivity contribution in [3.05, 3.63) is 98.3 Å². The first-order valence-electron chi connectivity index (χ1n) is 20.5. The quantitative estimate of drug-likeness (QED) is 0.154. The van der Waals surface area contributed by atoms with Crippen LogP contribution in [0.15, 0.2) is 53.7 Å². The first-order valence-corrected chi connectivity index (χ1v) is 21.7. The Kier molecular flexibility index (Phi) is 10.6. The number of hydrogen-bond donors (Lipinski definition) is 1. The zero-order valence-corrected chi connectivity index (χ0v) is 35.3. The Morgan fingerprint density at radius 1 is 1.03 bits per heavy atom. The number of aromatic nitrogens is 6. The summed E-state index contributed by atoms with van der Waals surface area (Å²) in [4.78, 5) is 26.7. The van der Waals surface area contributed by atoms with Crippen molar-refractivity contribution in [1.29, 1.82) is 5.26 Å². The minimum atomic E-state index is -0.204. The normalized spacial score (nSPS) is 23.6. The van der Waals surface area contributed by atoms with Crippen molar-refractivity contribution in [3.8, 4) is 22.6 Å². The molecular formula is C44H47ClN10O3S. The van der Waals surface area contributed by atoms with E-state index in [4.69, 9.17) is 36.3 Å². The number of anilines is 1. The summed E-state index contributed by atoms with van der Waals surface area (Å²) < 4.78 is 14.6. The van der Waals surface area contributed by atoms with E-state index in [1.54, 1.807) is 35.6 Å². The van der Waals surface area contributed by atoms with Crippen molar-refractivity contribution >= 4 is 40.4 Å². The van der Waals surface area contributed by atoms with Crippen LogP contribution in [0.1, 0.15) is 114 Å². The van der Waals surface area contributed by atoms with Crippen LogP contribution in [-0.4, -0.2) is 73.4 Å². The molecule has 4 aliphatic rings. The molecular weight excluding hydrogens is 784 g/mol. The lowest BCUT2D eigenvalue weighted by Crippen LogP contribution is -2.51. The number of hydrogen-bond acceptors (Lipinski definition) is 12. The monoisotopic (exact) mass is 830 g/mol. The SMILES string of the molecule is Cc1sc2c(c1C)C(c1ccc(OCC3CC4(CCCN(c5ccc(C(=O)N[C@H]6CC[C@H](Oc7ccc(C#N)c(Cl)c7)CC6)nn5)C4)C3)cn1)=N[C@@H](C)c1nnc(C)n1-2. The van der Waals surface area contributed by atoms with Crippen LogP contribution in [-0.2, 0) is 0 Å². The number of carbonyl (C=O) groups is 1. The molecule has 3 fully saturated rings. The van der Waals surface area contributed by atoms with Crippen LogP contribution in [0.2, 0.25) is 5.02 Å². The van der Waals surface area contributed by atoms with Gasteiger partial charge in [-0.1, -0.05) is 11.6 Å². The number of rotatable bonds is 9. The van der Waals surface area contributed by atoms with Gasteiger partial charge in [0.25, 0.3) is 5.91 Å². The summed E-state index contributed by atoms with van der Waals surface area (Å²) in [7, 11) is 0. The van der Waals surface area contributed by atoms with Gasteiger partial charge < -0.3 is 19.7 Å². The number of carbonyl (C=O) groups excluding carboxylic acids is 1. The van der Waals surface area contributed by atoms with E-state index in [1.165, 1.54) is 16.9 Å². The summed E-state index contributed by atoms with van der Waals surface area (Å²) in [5.41, 5.74) is 5.00. The van der Waals surface area contributed by atoms with Gasteiger partial charge in [0.1, 0.15) is 34.4 Å². The van der Waals surface area contributed by atoms with Crippen molar-refractivity contribution in [2.24, 2.45) is 16.3 Å². The molecule has 0 radical (unpaired) electrons. The smallest absolute Gasteiger partial charge is 0.272 e. The number of nitrogens with one attached hydrogen (secondary N) is 1. The van der Waals surface area contributed by atoms with Crippen LogP contribution in [0.25, 0.3) is 5.00 Å². The molecule has 1 spiro atoms. The molecule has 6 heterocycles. The number of nitriles is 1. The van der Waals surface area contributed by atoms with E-state index in [0.29, 0.717) is 34.6 Å². The molecule has 1 saturated heterocycles. The van der Waals surface area contributed by atoms with E-state index in [0.717, 1.165) is 103 Å². The molecule has 9 rings (SSSR count). The Morgan fingerprint density at radius 2 is 1.85 bits per heavy atom. The van der Waals surface area contributed by atoms with Gasteiger partial charge in [-0.25, -0.2) is 0 Å². The van der Waals surface area contributed by atoms with E-state index >= 15 is 0 Å². The van der Waals surface area contributed by atoms with Gasteiger partial charge in [-0.15, -0.1) is 31.7 Å².